The van der Waals surface area contributed by atoms with Crippen LogP contribution in [0, 0.1) is 0 Å². The zero-order valence-corrected chi connectivity index (χ0v) is 15.3. The summed E-state index contributed by atoms with van der Waals surface area (Å²) in [6.45, 7) is 11.5. The van der Waals surface area contributed by atoms with E-state index in [1.54, 1.807) is 6.20 Å². The number of hydrogen-bond donors (Lipinski definition) is 3. The molecule has 0 bridgehead atoms. The molecule has 0 saturated carbocycles. The van der Waals surface area contributed by atoms with Gasteiger partial charge in [0.05, 0.1) is 18.8 Å². The molecule has 1 unspecified atom stereocenters. The molecule has 2 rings (SSSR count). The first-order valence-electron chi connectivity index (χ1n) is 8.28. The highest BCUT2D eigenvalue weighted by Gasteiger charge is 2.35. The summed E-state index contributed by atoms with van der Waals surface area (Å²) in [7, 11) is 0. The van der Waals surface area contributed by atoms with Gasteiger partial charge in [-0.2, -0.15) is 4.98 Å². The van der Waals surface area contributed by atoms with E-state index in [0.29, 0.717) is 12.3 Å². The zero-order valence-electron chi connectivity index (χ0n) is 15.3. The number of nitrogens with one attached hydrogen (secondary N) is 1. The molecular formula is C17H29N3O4. The van der Waals surface area contributed by atoms with E-state index in [2.05, 4.69) is 15.3 Å². The first kappa shape index (κ1) is 18.9. The Morgan fingerprint density at radius 2 is 1.79 bits per heavy atom. The van der Waals surface area contributed by atoms with Gasteiger partial charge < -0.3 is 25.0 Å². The standard InChI is InChI=1S/C17H29N3O4/c1-16(2,3)23-14-10(11-7-13(22)12(9-21)19-11)8-18-15(20-14)24-17(4,5)6/h8,11-13,19,21-22H,7,9H2,1-6H3/t11?,12-,13-/m0/s1. The number of aliphatic hydroxyl groups is 2. The van der Waals surface area contributed by atoms with Crippen LogP contribution in [0.5, 0.6) is 11.9 Å². The van der Waals surface area contributed by atoms with Gasteiger partial charge in [-0.1, -0.05) is 0 Å². The van der Waals surface area contributed by atoms with Crippen LogP contribution >= 0.6 is 0 Å². The highest BCUT2D eigenvalue weighted by molar-refractivity contribution is 5.30. The fourth-order valence-corrected chi connectivity index (χ4v) is 2.53. The van der Waals surface area contributed by atoms with Crippen molar-refractivity contribution in [2.24, 2.45) is 0 Å². The van der Waals surface area contributed by atoms with Crippen LogP contribution in [0.1, 0.15) is 59.6 Å². The van der Waals surface area contributed by atoms with Crippen molar-refractivity contribution in [3.63, 3.8) is 0 Å². The summed E-state index contributed by atoms with van der Waals surface area (Å²) >= 11 is 0. The molecular weight excluding hydrogens is 310 g/mol. The van der Waals surface area contributed by atoms with Crippen molar-refractivity contribution < 1.29 is 19.7 Å². The molecule has 7 heteroatoms. The minimum absolute atomic E-state index is 0.126. The van der Waals surface area contributed by atoms with Crippen LogP contribution in [-0.4, -0.2) is 50.1 Å². The maximum atomic E-state index is 10.0. The lowest BCUT2D eigenvalue weighted by molar-refractivity contribution is 0.101. The smallest absolute Gasteiger partial charge is 0.320 e. The van der Waals surface area contributed by atoms with Crippen molar-refractivity contribution in [2.45, 2.75) is 77.4 Å². The van der Waals surface area contributed by atoms with Crippen LogP contribution in [0.3, 0.4) is 0 Å². The molecule has 3 N–H and O–H groups in total. The van der Waals surface area contributed by atoms with E-state index in [0.717, 1.165) is 5.56 Å². The van der Waals surface area contributed by atoms with E-state index in [4.69, 9.17) is 9.47 Å². The summed E-state index contributed by atoms with van der Waals surface area (Å²) in [5.74, 6) is 0.431. The normalized spacial score (nSPS) is 24.9. The molecule has 0 aromatic carbocycles. The highest BCUT2D eigenvalue weighted by Crippen LogP contribution is 2.34. The third kappa shape index (κ3) is 5.03. The number of nitrogens with zero attached hydrogens (tertiary/aromatic N) is 2. The van der Waals surface area contributed by atoms with Gasteiger partial charge in [0, 0.05) is 17.8 Å². The number of hydrogen-bond acceptors (Lipinski definition) is 7. The van der Waals surface area contributed by atoms with E-state index >= 15 is 0 Å². The van der Waals surface area contributed by atoms with Gasteiger partial charge >= 0.3 is 6.01 Å². The van der Waals surface area contributed by atoms with E-state index < -0.39 is 17.3 Å². The Bertz CT molecular complexity index is 566. The van der Waals surface area contributed by atoms with Gasteiger partial charge in [-0.3, -0.25) is 0 Å². The number of rotatable bonds is 4. The SMILES string of the molecule is CC(C)(C)Oc1ncc(C2C[C@H](O)[C@H](CO)N2)c(OC(C)(C)C)n1. The molecule has 1 saturated heterocycles. The fraction of sp³-hybridized carbons (Fsp3) is 0.765. The molecule has 24 heavy (non-hydrogen) atoms. The summed E-state index contributed by atoms with van der Waals surface area (Å²) < 4.78 is 11.7. The van der Waals surface area contributed by atoms with Crippen LogP contribution in [0.2, 0.25) is 0 Å². The Morgan fingerprint density at radius 3 is 2.29 bits per heavy atom. The fourth-order valence-electron chi connectivity index (χ4n) is 2.53. The average Bonchev–Trinajstić information content (AvgIpc) is 2.76. The molecule has 1 aromatic heterocycles. The lowest BCUT2D eigenvalue weighted by Crippen LogP contribution is -2.34. The second-order valence-corrected chi connectivity index (χ2v) is 8.15. The molecule has 1 fully saturated rings. The third-order valence-electron chi connectivity index (χ3n) is 3.49. The number of aromatic nitrogens is 2. The summed E-state index contributed by atoms with van der Waals surface area (Å²) in [5.41, 5.74) is -0.0961. The van der Waals surface area contributed by atoms with Crippen molar-refractivity contribution in [3.05, 3.63) is 11.8 Å². The minimum atomic E-state index is -0.618. The Kier molecular flexibility index (Phi) is 5.37. The van der Waals surface area contributed by atoms with Gasteiger partial charge in [0.25, 0.3) is 0 Å². The molecule has 2 heterocycles. The van der Waals surface area contributed by atoms with Gasteiger partial charge in [-0.05, 0) is 48.0 Å². The van der Waals surface area contributed by atoms with Crippen molar-refractivity contribution >= 4 is 0 Å². The lowest BCUT2D eigenvalue weighted by Gasteiger charge is -2.25. The molecule has 0 spiro atoms. The summed E-state index contributed by atoms with van der Waals surface area (Å²) in [6, 6.07) is -0.288. The Morgan fingerprint density at radius 1 is 1.17 bits per heavy atom. The zero-order chi connectivity index (χ0) is 18.1. The first-order chi connectivity index (χ1) is 11.0. The minimum Gasteiger partial charge on any atom is -0.472 e. The highest BCUT2D eigenvalue weighted by atomic mass is 16.5. The van der Waals surface area contributed by atoms with Crippen molar-refractivity contribution in [1.82, 2.24) is 15.3 Å². The van der Waals surface area contributed by atoms with Crippen molar-refractivity contribution in [2.75, 3.05) is 6.61 Å². The molecule has 7 nitrogen and oxygen atoms in total. The second-order valence-electron chi connectivity index (χ2n) is 8.15. The van der Waals surface area contributed by atoms with E-state index in [9.17, 15) is 10.2 Å². The molecule has 1 aliphatic heterocycles. The maximum Gasteiger partial charge on any atom is 0.320 e. The largest absolute Gasteiger partial charge is 0.472 e. The Hall–Kier alpha value is -1.44. The van der Waals surface area contributed by atoms with Crippen LogP contribution in [0.15, 0.2) is 6.20 Å². The molecule has 1 aliphatic rings. The van der Waals surface area contributed by atoms with Gasteiger partial charge in [0.2, 0.25) is 5.88 Å². The van der Waals surface area contributed by atoms with E-state index in [1.165, 1.54) is 0 Å². The van der Waals surface area contributed by atoms with Crippen molar-refractivity contribution in [1.29, 1.82) is 0 Å². The van der Waals surface area contributed by atoms with Gasteiger partial charge in [-0.15, -0.1) is 0 Å². The van der Waals surface area contributed by atoms with E-state index in [1.807, 2.05) is 41.5 Å². The quantitative estimate of drug-likeness (QED) is 0.766. The Labute approximate surface area is 143 Å². The lowest BCUT2D eigenvalue weighted by atomic mass is 10.1. The van der Waals surface area contributed by atoms with Crippen LogP contribution in [0.4, 0.5) is 0 Å². The maximum absolute atomic E-state index is 10.0. The summed E-state index contributed by atoms with van der Waals surface area (Å²) in [4.78, 5) is 8.70. The van der Waals surface area contributed by atoms with E-state index in [-0.39, 0.29) is 24.7 Å². The molecule has 0 amide bonds. The Balaban J connectivity index is 2.32. The number of aliphatic hydroxyl groups excluding tert-OH is 2. The van der Waals surface area contributed by atoms with Crippen LogP contribution < -0.4 is 14.8 Å². The topological polar surface area (TPSA) is 96.7 Å². The summed E-state index contributed by atoms with van der Waals surface area (Å²) in [5, 5.41) is 22.5. The second kappa shape index (κ2) is 6.82. The molecule has 1 aromatic rings. The molecule has 3 atom stereocenters. The van der Waals surface area contributed by atoms with Crippen LogP contribution in [-0.2, 0) is 0 Å². The molecule has 0 radical (unpaired) electrons. The monoisotopic (exact) mass is 339 g/mol. The summed E-state index contributed by atoms with van der Waals surface area (Å²) in [6.07, 6.45) is 1.52. The van der Waals surface area contributed by atoms with Gasteiger partial charge in [0.1, 0.15) is 11.2 Å². The van der Waals surface area contributed by atoms with Crippen LogP contribution in [0.25, 0.3) is 0 Å². The predicted molar refractivity (Wildman–Crippen MR) is 90.2 cm³/mol. The molecule has 136 valence electrons. The number of ether oxygens (including phenoxy) is 2. The van der Waals surface area contributed by atoms with Gasteiger partial charge in [-0.25, -0.2) is 4.98 Å². The first-order valence-corrected chi connectivity index (χ1v) is 8.28. The molecule has 0 aliphatic carbocycles. The third-order valence-corrected chi connectivity index (χ3v) is 3.49. The van der Waals surface area contributed by atoms with Crippen molar-refractivity contribution in [3.8, 4) is 11.9 Å². The van der Waals surface area contributed by atoms with Gasteiger partial charge in [0.15, 0.2) is 0 Å². The average molecular weight is 339 g/mol. The predicted octanol–water partition coefficient (Wildman–Crippen LogP) is 1.59.